The molecule has 0 saturated heterocycles. The summed E-state index contributed by atoms with van der Waals surface area (Å²) in [5.41, 5.74) is -2.03. The molecule has 0 unspecified atom stereocenters. The number of hydrogen-bond donors (Lipinski definition) is 2. The number of rotatable bonds is 4. The fourth-order valence-corrected chi connectivity index (χ4v) is 3.31. The number of nitrogens with one attached hydrogen (secondary N) is 1. The Morgan fingerprint density at radius 1 is 1.47 bits per heavy atom. The Bertz CT molecular complexity index is 588. The minimum atomic E-state index is -4.60. The van der Waals surface area contributed by atoms with Crippen LogP contribution in [0.15, 0.2) is 17.2 Å². The first kappa shape index (κ1) is 14.4. The topological polar surface area (TPSA) is 71.3 Å². The normalized spacial score (nSPS) is 18.6. The standard InChI is InChI=1S/C10H13F3N2O3S/c1-15-5-8(4-7(15)6-16)19(17,18)14-9(2-3-9)10(11,12)13/h4-5,14,16H,2-3,6H2,1H3. The number of alkyl halides is 3. The SMILES string of the molecule is Cn1cc(S(=O)(=O)NC2(C(F)(F)F)CC2)cc1CO. The van der Waals surface area contributed by atoms with E-state index in [4.69, 9.17) is 5.11 Å². The molecule has 0 amide bonds. The first-order valence-corrected chi connectivity index (χ1v) is 6.96. The first-order chi connectivity index (χ1) is 8.61. The maximum atomic E-state index is 12.7. The second-order valence-electron chi connectivity index (χ2n) is 4.62. The molecule has 0 bridgehead atoms. The Kier molecular flexibility index (Phi) is 3.19. The summed E-state index contributed by atoms with van der Waals surface area (Å²) in [6, 6.07) is 1.15. The minimum Gasteiger partial charge on any atom is -0.390 e. The van der Waals surface area contributed by atoms with Gasteiger partial charge in [0.05, 0.1) is 11.5 Å². The first-order valence-electron chi connectivity index (χ1n) is 5.48. The van der Waals surface area contributed by atoms with E-state index >= 15 is 0 Å². The van der Waals surface area contributed by atoms with E-state index in [9.17, 15) is 21.6 Å². The fourth-order valence-electron chi connectivity index (χ4n) is 1.77. The second kappa shape index (κ2) is 4.22. The molecule has 1 heterocycles. The Morgan fingerprint density at radius 2 is 2.05 bits per heavy atom. The molecule has 0 radical (unpaired) electrons. The van der Waals surface area contributed by atoms with Gasteiger partial charge in [0.2, 0.25) is 10.0 Å². The highest BCUT2D eigenvalue weighted by Gasteiger charge is 2.65. The molecule has 2 rings (SSSR count). The molecule has 0 aliphatic heterocycles. The third-order valence-corrected chi connectivity index (χ3v) is 4.68. The van der Waals surface area contributed by atoms with Gasteiger partial charge in [0.15, 0.2) is 0 Å². The summed E-state index contributed by atoms with van der Waals surface area (Å²) in [6.07, 6.45) is -3.94. The van der Waals surface area contributed by atoms with Gasteiger partial charge in [0.25, 0.3) is 0 Å². The summed E-state index contributed by atoms with van der Waals surface area (Å²) < 4.78 is 65.0. The molecule has 1 aliphatic rings. The van der Waals surface area contributed by atoms with Crippen molar-refractivity contribution < 1.29 is 26.7 Å². The monoisotopic (exact) mass is 298 g/mol. The molecule has 9 heteroatoms. The number of halogens is 3. The Hall–Kier alpha value is -1.06. The van der Waals surface area contributed by atoms with E-state index in [1.54, 1.807) is 4.72 Å². The molecule has 1 saturated carbocycles. The summed E-state index contributed by atoms with van der Waals surface area (Å²) in [4.78, 5) is -0.283. The van der Waals surface area contributed by atoms with Crippen molar-refractivity contribution in [3.05, 3.63) is 18.0 Å². The summed E-state index contributed by atoms with van der Waals surface area (Å²) in [5.74, 6) is 0. The van der Waals surface area contributed by atoms with Crippen LogP contribution in [0.5, 0.6) is 0 Å². The molecule has 2 N–H and O–H groups in total. The van der Waals surface area contributed by atoms with Gasteiger partial charge in [0.1, 0.15) is 5.54 Å². The highest BCUT2D eigenvalue weighted by Crippen LogP contribution is 2.49. The predicted molar refractivity (Wildman–Crippen MR) is 59.7 cm³/mol. The van der Waals surface area contributed by atoms with Crippen molar-refractivity contribution >= 4 is 10.0 Å². The number of aromatic nitrogens is 1. The molecular formula is C10H13F3N2O3S. The van der Waals surface area contributed by atoms with Crippen LogP contribution in [0, 0.1) is 0 Å². The average Bonchev–Trinajstić information content (AvgIpc) is 2.93. The Morgan fingerprint density at radius 3 is 2.42 bits per heavy atom. The van der Waals surface area contributed by atoms with E-state index in [0.29, 0.717) is 5.69 Å². The maximum Gasteiger partial charge on any atom is 0.407 e. The zero-order valence-electron chi connectivity index (χ0n) is 10.0. The van der Waals surface area contributed by atoms with Gasteiger partial charge in [-0.15, -0.1) is 0 Å². The third kappa shape index (κ3) is 2.49. The lowest BCUT2D eigenvalue weighted by molar-refractivity contribution is -0.160. The van der Waals surface area contributed by atoms with Gasteiger partial charge >= 0.3 is 6.18 Å². The highest BCUT2D eigenvalue weighted by atomic mass is 32.2. The molecule has 1 aliphatic carbocycles. The van der Waals surface area contributed by atoms with Crippen molar-refractivity contribution in [2.75, 3.05) is 0 Å². The van der Waals surface area contributed by atoms with Gasteiger partial charge in [-0.25, -0.2) is 8.42 Å². The summed E-state index contributed by atoms with van der Waals surface area (Å²) >= 11 is 0. The number of hydrogen-bond acceptors (Lipinski definition) is 3. The van der Waals surface area contributed by atoms with E-state index in [-0.39, 0.29) is 17.7 Å². The Labute approximate surface area is 108 Å². The van der Waals surface area contributed by atoms with Gasteiger partial charge in [0, 0.05) is 18.9 Å². The van der Waals surface area contributed by atoms with Crippen molar-refractivity contribution in [1.29, 1.82) is 0 Å². The largest absolute Gasteiger partial charge is 0.407 e. The molecule has 1 aromatic heterocycles. The lowest BCUT2D eigenvalue weighted by Crippen LogP contribution is -2.47. The van der Waals surface area contributed by atoms with Crippen LogP contribution in [-0.4, -0.2) is 29.8 Å². The molecule has 108 valence electrons. The van der Waals surface area contributed by atoms with E-state index in [1.807, 2.05) is 0 Å². The number of aliphatic hydroxyl groups is 1. The number of aryl methyl sites for hydroxylation is 1. The van der Waals surface area contributed by atoms with Crippen molar-refractivity contribution in [3.8, 4) is 0 Å². The van der Waals surface area contributed by atoms with Crippen LogP contribution < -0.4 is 4.72 Å². The van der Waals surface area contributed by atoms with E-state index < -0.39 is 28.3 Å². The van der Waals surface area contributed by atoms with Gasteiger partial charge < -0.3 is 9.67 Å². The van der Waals surface area contributed by atoms with Crippen LogP contribution in [0.1, 0.15) is 18.5 Å². The lowest BCUT2D eigenvalue weighted by Gasteiger charge is -2.20. The number of sulfonamides is 1. The summed E-state index contributed by atoms with van der Waals surface area (Å²) in [5, 5.41) is 8.96. The third-order valence-electron chi connectivity index (χ3n) is 3.18. The van der Waals surface area contributed by atoms with Crippen molar-refractivity contribution in [1.82, 2.24) is 9.29 Å². The van der Waals surface area contributed by atoms with Crippen LogP contribution >= 0.6 is 0 Å². The maximum absolute atomic E-state index is 12.7. The summed E-state index contributed by atoms with van der Waals surface area (Å²) in [7, 11) is -2.75. The minimum absolute atomic E-state index is 0.255. The van der Waals surface area contributed by atoms with Gasteiger partial charge in [-0.3, -0.25) is 0 Å². The number of nitrogens with zero attached hydrogens (tertiary/aromatic N) is 1. The molecule has 0 atom stereocenters. The lowest BCUT2D eigenvalue weighted by atomic mass is 10.3. The van der Waals surface area contributed by atoms with E-state index in [1.165, 1.54) is 17.8 Å². The van der Waals surface area contributed by atoms with Gasteiger partial charge in [-0.2, -0.15) is 17.9 Å². The average molecular weight is 298 g/mol. The zero-order chi connectivity index (χ0) is 14.5. The smallest absolute Gasteiger partial charge is 0.390 e. The van der Waals surface area contributed by atoms with Crippen LogP contribution in [-0.2, 0) is 23.7 Å². The summed E-state index contributed by atoms with van der Waals surface area (Å²) in [6.45, 7) is -0.392. The number of aliphatic hydroxyl groups excluding tert-OH is 1. The van der Waals surface area contributed by atoms with Gasteiger partial charge in [-0.1, -0.05) is 0 Å². The quantitative estimate of drug-likeness (QED) is 0.867. The van der Waals surface area contributed by atoms with Crippen molar-refractivity contribution in [2.24, 2.45) is 7.05 Å². The molecule has 1 fully saturated rings. The zero-order valence-corrected chi connectivity index (χ0v) is 10.8. The van der Waals surface area contributed by atoms with E-state index in [0.717, 1.165) is 6.07 Å². The predicted octanol–water partition coefficient (Wildman–Crippen LogP) is 0.891. The molecule has 0 spiro atoms. The molecule has 19 heavy (non-hydrogen) atoms. The van der Waals surface area contributed by atoms with Crippen LogP contribution in [0.3, 0.4) is 0 Å². The van der Waals surface area contributed by atoms with E-state index in [2.05, 4.69) is 0 Å². The second-order valence-corrected chi connectivity index (χ2v) is 6.30. The molecule has 5 nitrogen and oxygen atoms in total. The molecule has 1 aromatic rings. The molecular weight excluding hydrogens is 285 g/mol. The van der Waals surface area contributed by atoms with Crippen LogP contribution in [0.25, 0.3) is 0 Å². The van der Waals surface area contributed by atoms with Crippen LogP contribution in [0.4, 0.5) is 13.2 Å². The fraction of sp³-hybridized carbons (Fsp3) is 0.600. The van der Waals surface area contributed by atoms with Crippen molar-refractivity contribution in [3.63, 3.8) is 0 Å². The molecule has 0 aromatic carbocycles. The Balaban J connectivity index is 2.29. The van der Waals surface area contributed by atoms with Crippen LogP contribution in [0.2, 0.25) is 0 Å². The van der Waals surface area contributed by atoms with Crippen molar-refractivity contribution in [2.45, 2.75) is 36.1 Å². The van der Waals surface area contributed by atoms with Gasteiger partial charge in [-0.05, 0) is 18.9 Å². The highest BCUT2D eigenvalue weighted by molar-refractivity contribution is 7.89.